The van der Waals surface area contributed by atoms with Crippen LogP contribution in [0.3, 0.4) is 0 Å². The lowest BCUT2D eigenvalue weighted by Gasteiger charge is -2.15. The molecule has 2 rings (SSSR count). The number of aromatic nitrogens is 3. The minimum Gasteiger partial charge on any atom is -0.309 e. The molecule has 0 aliphatic heterocycles. The monoisotopic (exact) mass is 285 g/mol. The number of fused-ring (bicyclic) bond motifs is 1. The Morgan fingerprint density at radius 3 is 3.00 bits per heavy atom. The molecule has 0 amide bonds. The Kier molecular flexibility index (Phi) is 4.35. The van der Waals surface area contributed by atoms with Gasteiger partial charge in [-0.25, -0.2) is 9.97 Å². The van der Waals surface area contributed by atoms with Crippen LogP contribution in [0.2, 0.25) is 0 Å². The molecule has 0 aliphatic rings. The number of halogens is 1. The molecule has 0 fully saturated rings. The lowest BCUT2D eigenvalue weighted by Crippen LogP contribution is -2.12. The highest BCUT2D eigenvalue weighted by molar-refractivity contribution is 7.84. The van der Waals surface area contributed by atoms with E-state index in [4.69, 9.17) is 11.6 Å². The van der Waals surface area contributed by atoms with Crippen molar-refractivity contribution in [3.8, 4) is 0 Å². The molecule has 2 unspecified atom stereocenters. The quantitative estimate of drug-likeness (QED) is 0.793. The molecular formula is C12H16ClN3OS. The number of rotatable bonds is 5. The Morgan fingerprint density at radius 2 is 2.33 bits per heavy atom. The summed E-state index contributed by atoms with van der Waals surface area (Å²) in [6.45, 7) is 2.08. The normalized spacial score (nSPS) is 14.8. The van der Waals surface area contributed by atoms with Crippen molar-refractivity contribution in [1.29, 1.82) is 0 Å². The lowest BCUT2D eigenvalue weighted by molar-refractivity contribution is 0.527. The van der Waals surface area contributed by atoms with Crippen molar-refractivity contribution >= 4 is 33.6 Å². The number of pyridine rings is 1. The van der Waals surface area contributed by atoms with Gasteiger partial charge in [0.05, 0.1) is 5.88 Å². The van der Waals surface area contributed by atoms with Crippen molar-refractivity contribution in [3.05, 3.63) is 24.2 Å². The van der Waals surface area contributed by atoms with Gasteiger partial charge in [0.1, 0.15) is 11.3 Å². The Balaban J connectivity index is 2.38. The first-order chi connectivity index (χ1) is 8.63. The van der Waals surface area contributed by atoms with Crippen LogP contribution in [0.5, 0.6) is 0 Å². The molecule has 0 radical (unpaired) electrons. The van der Waals surface area contributed by atoms with Gasteiger partial charge >= 0.3 is 0 Å². The number of imidazole rings is 1. The lowest BCUT2D eigenvalue weighted by atomic mass is 10.2. The van der Waals surface area contributed by atoms with Crippen molar-refractivity contribution in [2.24, 2.45) is 0 Å². The van der Waals surface area contributed by atoms with E-state index < -0.39 is 10.8 Å². The van der Waals surface area contributed by atoms with Gasteiger partial charge in [0, 0.05) is 35.0 Å². The standard InChI is InChI=1S/C12H16ClN3OS/c1-9(5-7-18(2)17)16-11(8-13)15-10-4-3-6-14-12(10)16/h3-4,6,9H,5,7-8H2,1-2H3. The summed E-state index contributed by atoms with van der Waals surface area (Å²) < 4.78 is 13.2. The number of hydrogen-bond acceptors (Lipinski definition) is 3. The summed E-state index contributed by atoms with van der Waals surface area (Å²) >= 11 is 5.94. The molecule has 0 saturated carbocycles. The maximum atomic E-state index is 11.2. The molecule has 0 aliphatic carbocycles. The molecule has 2 aromatic rings. The first-order valence-electron chi connectivity index (χ1n) is 5.81. The largest absolute Gasteiger partial charge is 0.309 e. The van der Waals surface area contributed by atoms with E-state index in [0.29, 0.717) is 11.6 Å². The SMILES string of the molecule is CC(CCS(C)=O)n1c(CCl)nc2cccnc21. The Hall–Kier alpha value is -0.940. The van der Waals surface area contributed by atoms with Crippen LogP contribution in [-0.2, 0) is 16.7 Å². The van der Waals surface area contributed by atoms with Gasteiger partial charge in [-0.2, -0.15) is 0 Å². The summed E-state index contributed by atoms with van der Waals surface area (Å²) in [5.41, 5.74) is 1.71. The van der Waals surface area contributed by atoms with Gasteiger partial charge in [0.25, 0.3) is 0 Å². The summed E-state index contributed by atoms with van der Waals surface area (Å²) in [4.78, 5) is 8.84. The molecule has 6 heteroatoms. The summed E-state index contributed by atoms with van der Waals surface area (Å²) in [5, 5.41) is 0. The summed E-state index contributed by atoms with van der Waals surface area (Å²) in [6, 6.07) is 3.99. The van der Waals surface area contributed by atoms with Gasteiger partial charge in [0.2, 0.25) is 0 Å². The van der Waals surface area contributed by atoms with E-state index in [0.717, 1.165) is 23.4 Å². The molecule has 0 N–H and O–H groups in total. The van der Waals surface area contributed by atoms with E-state index in [1.165, 1.54) is 0 Å². The van der Waals surface area contributed by atoms with Crippen LogP contribution in [0.25, 0.3) is 11.2 Å². The fourth-order valence-electron chi connectivity index (χ4n) is 2.00. The molecule has 18 heavy (non-hydrogen) atoms. The fraction of sp³-hybridized carbons (Fsp3) is 0.500. The molecule has 2 atom stereocenters. The highest BCUT2D eigenvalue weighted by atomic mass is 35.5. The Labute approximate surface area is 114 Å². The van der Waals surface area contributed by atoms with E-state index in [9.17, 15) is 4.21 Å². The van der Waals surface area contributed by atoms with Gasteiger partial charge in [-0.3, -0.25) is 4.21 Å². The number of alkyl halides is 1. The van der Waals surface area contributed by atoms with Crippen LogP contribution in [0, 0.1) is 0 Å². The Morgan fingerprint density at radius 1 is 1.56 bits per heavy atom. The topological polar surface area (TPSA) is 47.8 Å². The third-order valence-corrected chi connectivity index (χ3v) is 3.95. The van der Waals surface area contributed by atoms with Crippen LogP contribution in [-0.4, -0.2) is 30.8 Å². The zero-order chi connectivity index (χ0) is 13.1. The van der Waals surface area contributed by atoms with Crippen molar-refractivity contribution in [2.75, 3.05) is 12.0 Å². The predicted octanol–water partition coefficient (Wildman–Crippen LogP) is 2.50. The van der Waals surface area contributed by atoms with Crippen LogP contribution in [0.15, 0.2) is 18.3 Å². The van der Waals surface area contributed by atoms with E-state index in [2.05, 4.69) is 21.5 Å². The molecule has 0 spiro atoms. The average molecular weight is 286 g/mol. The first kappa shape index (κ1) is 13.5. The molecule has 2 heterocycles. The predicted molar refractivity (Wildman–Crippen MR) is 75.3 cm³/mol. The van der Waals surface area contributed by atoms with E-state index in [-0.39, 0.29) is 6.04 Å². The molecule has 4 nitrogen and oxygen atoms in total. The molecule has 0 saturated heterocycles. The number of nitrogens with zero attached hydrogens (tertiary/aromatic N) is 3. The minimum absolute atomic E-state index is 0.197. The van der Waals surface area contributed by atoms with E-state index in [1.807, 2.05) is 12.1 Å². The summed E-state index contributed by atoms with van der Waals surface area (Å²) in [7, 11) is -0.777. The third-order valence-electron chi connectivity index (χ3n) is 2.91. The van der Waals surface area contributed by atoms with Crippen molar-refractivity contribution in [2.45, 2.75) is 25.3 Å². The zero-order valence-electron chi connectivity index (χ0n) is 10.5. The smallest absolute Gasteiger partial charge is 0.160 e. The molecule has 98 valence electrons. The second kappa shape index (κ2) is 5.80. The maximum Gasteiger partial charge on any atom is 0.160 e. The Bertz CT molecular complexity index is 569. The maximum absolute atomic E-state index is 11.2. The minimum atomic E-state index is -0.777. The van der Waals surface area contributed by atoms with Crippen LogP contribution < -0.4 is 0 Å². The molecule has 0 bridgehead atoms. The fourth-order valence-corrected chi connectivity index (χ4v) is 2.86. The second-order valence-electron chi connectivity index (χ2n) is 4.29. The van der Waals surface area contributed by atoms with Crippen LogP contribution in [0.4, 0.5) is 0 Å². The molecule has 2 aromatic heterocycles. The molecular weight excluding hydrogens is 270 g/mol. The highest BCUT2D eigenvalue weighted by Gasteiger charge is 2.16. The zero-order valence-corrected chi connectivity index (χ0v) is 12.0. The van der Waals surface area contributed by atoms with Crippen molar-refractivity contribution in [1.82, 2.24) is 14.5 Å². The van der Waals surface area contributed by atoms with Gasteiger partial charge in [-0.1, -0.05) is 0 Å². The average Bonchev–Trinajstić information content (AvgIpc) is 2.74. The van der Waals surface area contributed by atoms with Gasteiger partial charge in [-0.05, 0) is 25.5 Å². The van der Waals surface area contributed by atoms with E-state index in [1.54, 1.807) is 12.5 Å². The van der Waals surface area contributed by atoms with Gasteiger partial charge in [-0.15, -0.1) is 11.6 Å². The van der Waals surface area contributed by atoms with Crippen molar-refractivity contribution < 1.29 is 4.21 Å². The second-order valence-corrected chi connectivity index (χ2v) is 6.11. The van der Waals surface area contributed by atoms with E-state index >= 15 is 0 Å². The number of hydrogen-bond donors (Lipinski definition) is 0. The molecule has 0 aromatic carbocycles. The van der Waals surface area contributed by atoms with Gasteiger partial charge in [0.15, 0.2) is 5.65 Å². The van der Waals surface area contributed by atoms with Crippen LogP contribution in [0.1, 0.15) is 25.2 Å². The van der Waals surface area contributed by atoms with Gasteiger partial charge < -0.3 is 4.57 Å². The highest BCUT2D eigenvalue weighted by Crippen LogP contribution is 2.22. The third kappa shape index (κ3) is 2.72. The van der Waals surface area contributed by atoms with Crippen molar-refractivity contribution in [3.63, 3.8) is 0 Å². The van der Waals surface area contributed by atoms with Crippen LogP contribution >= 0.6 is 11.6 Å². The first-order valence-corrected chi connectivity index (χ1v) is 8.07. The summed E-state index contributed by atoms with van der Waals surface area (Å²) in [5.74, 6) is 1.85. The summed E-state index contributed by atoms with van der Waals surface area (Å²) in [6.07, 6.45) is 4.30.